The Labute approximate surface area is 89.7 Å². The zero-order valence-electron chi connectivity index (χ0n) is 8.98. The number of nitrogens with one attached hydrogen (secondary N) is 1. The quantitative estimate of drug-likeness (QED) is 0.571. The van der Waals surface area contributed by atoms with Crippen LogP contribution in [0.4, 0.5) is 11.6 Å². The maximum absolute atomic E-state index is 5.30. The molecule has 2 rings (SSSR count). The average molecular weight is 207 g/mol. The molecule has 0 aromatic carbocycles. The van der Waals surface area contributed by atoms with E-state index in [4.69, 9.17) is 5.84 Å². The summed E-state index contributed by atoms with van der Waals surface area (Å²) in [6.07, 6.45) is 5.90. The number of nitrogens with zero attached hydrogens (tertiary/aromatic N) is 3. The Balaban J connectivity index is 2.09. The van der Waals surface area contributed by atoms with Gasteiger partial charge in [-0.05, 0) is 12.3 Å². The summed E-state index contributed by atoms with van der Waals surface area (Å²) in [7, 11) is 0. The van der Waals surface area contributed by atoms with Crippen LogP contribution in [0.15, 0.2) is 12.4 Å². The Morgan fingerprint density at radius 2 is 2.47 bits per heavy atom. The fraction of sp³-hybridized carbons (Fsp3) is 0.600. The second kappa shape index (κ2) is 4.44. The number of rotatable bonds is 3. The van der Waals surface area contributed by atoms with Crippen LogP contribution in [0.2, 0.25) is 0 Å². The van der Waals surface area contributed by atoms with Gasteiger partial charge >= 0.3 is 0 Å². The average Bonchev–Trinajstić information content (AvgIpc) is 2.78. The third-order valence-corrected chi connectivity index (χ3v) is 2.96. The first-order valence-corrected chi connectivity index (χ1v) is 5.37. The Hall–Kier alpha value is -1.36. The van der Waals surface area contributed by atoms with Gasteiger partial charge in [0, 0.05) is 13.1 Å². The number of aromatic nitrogens is 2. The molecule has 0 spiro atoms. The van der Waals surface area contributed by atoms with Crippen molar-refractivity contribution in [3.63, 3.8) is 0 Å². The first kappa shape index (κ1) is 10.2. The summed E-state index contributed by atoms with van der Waals surface area (Å²) in [6, 6.07) is 0. The zero-order valence-corrected chi connectivity index (χ0v) is 8.98. The summed E-state index contributed by atoms with van der Waals surface area (Å²) in [5.74, 6) is 7.63. The van der Waals surface area contributed by atoms with E-state index in [0.29, 0.717) is 5.82 Å². The number of anilines is 2. The molecule has 0 saturated carbocycles. The molecule has 1 unspecified atom stereocenters. The van der Waals surface area contributed by atoms with Gasteiger partial charge in [0.05, 0.1) is 12.4 Å². The van der Waals surface area contributed by atoms with E-state index in [1.165, 1.54) is 12.8 Å². The normalized spacial score (nSPS) is 20.7. The van der Waals surface area contributed by atoms with Crippen LogP contribution < -0.4 is 16.2 Å². The lowest BCUT2D eigenvalue weighted by Crippen LogP contribution is -2.21. The molecule has 5 heteroatoms. The number of hydrazine groups is 1. The van der Waals surface area contributed by atoms with Gasteiger partial charge in [-0.1, -0.05) is 13.3 Å². The van der Waals surface area contributed by atoms with Gasteiger partial charge in [0.1, 0.15) is 5.82 Å². The minimum atomic E-state index is 0.618. The fourth-order valence-electron chi connectivity index (χ4n) is 1.95. The van der Waals surface area contributed by atoms with Crippen molar-refractivity contribution in [3.8, 4) is 0 Å². The standard InChI is InChI=1S/C10H17N5/c1-2-8-3-4-15(7-8)10-6-12-5-9(13-10)14-11/h5-6,8H,2-4,7,11H2,1H3,(H,13,14). The maximum Gasteiger partial charge on any atom is 0.160 e. The number of nitrogen functional groups attached to an aromatic ring is 1. The third-order valence-electron chi connectivity index (χ3n) is 2.96. The molecule has 1 saturated heterocycles. The molecule has 3 N–H and O–H groups in total. The summed E-state index contributed by atoms with van der Waals surface area (Å²) in [5, 5.41) is 0. The molecule has 1 atom stereocenters. The maximum atomic E-state index is 5.30. The van der Waals surface area contributed by atoms with Crippen LogP contribution in [0, 0.1) is 5.92 Å². The number of hydrogen-bond donors (Lipinski definition) is 2. The van der Waals surface area contributed by atoms with Crippen molar-refractivity contribution in [1.82, 2.24) is 9.97 Å². The highest BCUT2D eigenvalue weighted by Gasteiger charge is 2.22. The van der Waals surface area contributed by atoms with Crippen molar-refractivity contribution in [1.29, 1.82) is 0 Å². The minimum absolute atomic E-state index is 0.618. The molecule has 2 heterocycles. The molecule has 0 radical (unpaired) electrons. The van der Waals surface area contributed by atoms with Gasteiger partial charge in [-0.15, -0.1) is 0 Å². The lowest BCUT2D eigenvalue weighted by molar-refractivity contribution is 0.568. The summed E-state index contributed by atoms with van der Waals surface area (Å²) < 4.78 is 0. The Kier molecular flexibility index (Phi) is 3.01. The second-order valence-electron chi connectivity index (χ2n) is 3.92. The van der Waals surface area contributed by atoms with Crippen LogP contribution in [0.1, 0.15) is 19.8 Å². The van der Waals surface area contributed by atoms with Gasteiger partial charge in [0.2, 0.25) is 0 Å². The number of hydrogen-bond acceptors (Lipinski definition) is 5. The van der Waals surface area contributed by atoms with E-state index in [1.54, 1.807) is 12.4 Å². The molecule has 0 bridgehead atoms. The highest BCUT2D eigenvalue weighted by Crippen LogP contribution is 2.23. The largest absolute Gasteiger partial charge is 0.355 e. The summed E-state index contributed by atoms with van der Waals surface area (Å²) in [4.78, 5) is 10.7. The van der Waals surface area contributed by atoms with Crippen molar-refractivity contribution >= 4 is 11.6 Å². The van der Waals surface area contributed by atoms with Crippen molar-refractivity contribution in [2.24, 2.45) is 11.8 Å². The van der Waals surface area contributed by atoms with Crippen molar-refractivity contribution in [2.75, 3.05) is 23.4 Å². The topological polar surface area (TPSA) is 67.1 Å². The Morgan fingerprint density at radius 3 is 3.13 bits per heavy atom. The lowest BCUT2D eigenvalue weighted by atomic mass is 10.1. The van der Waals surface area contributed by atoms with E-state index in [2.05, 4.69) is 27.2 Å². The van der Waals surface area contributed by atoms with Crippen molar-refractivity contribution in [2.45, 2.75) is 19.8 Å². The van der Waals surface area contributed by atoms with Crippen molar-refractivity contribution < 1.29 is 0 Å². The lowest BCUT2D eigenvalue weighted by Gasteiger charge is -2.17. The van der Waals surface area contributed by atoms with Crippen LogP contribution in [0.25, 0.3) is 0 Å². The Bertz CT molecular complexity index is 327. The molecule has 0 aliphatic carbocycles. The van der Waals surface area contributed by atoms with E-state index in [9.17, 15) is 0 Å². The van der Waals surface area contributed by atoms with Crippen LogP contribution in [-0.2, 0) is 0 Å². The highest BCUT2D eigenvalue weighted by molar-refractivity contribution is 5.43. The van der Waals surface area contributed by atoms with E-state index in [-0.39, 0.29) is 0 Å². The first-order valence-electron chi connectivity index (χ1n) is 5.37. The van der Waals surface area contributed by atoms with E-state index in [1.807, 2.05) is 0 Å². The minimum Gasteiger partial charge on any atom is -0.355 e. The molecule has 5 nitrogen and oxygen atoms in total. The molecule has 1 fully saturated rings. The van der Waals surface area contributed by atoms with Gasteiger partial charge in [-0.25, -0.2) is 10.8 Å². The predicted octanol–water partition coefficient (Wildman–Crippen LogP) is 0.998. The predicted molar refractivity (Wildman–Crippen MR) is 60.5 cm³/mol. The molecular weight excluding hydrogens is 190 g/mol. The molecule has 1 aliphatic rings. The Morgan fingerprint density at radius 1 is 1.60 bits per heavy atom. The fourth-order valence-corrected chi connectivity index (χ4v) is 1.95. The van der Waals surface area contributed by atoms with Crippen LogP contribution in [-0.4, -0.2) is 23.1 Å². The molecule has 15 heavy (non-hydrogen) atoms. The van der Waals surface area contributed by atoms with Gasteiger partial charge in [0.15, 0.2) is 5.82 Å². The van der Waals surface area contributed by atoms with Gasteiger partial charge in [-0.3, -0.25) is 4.98 Å². The monoisotopic (exact) mass is 207 g/mol. The molecule has 82 valence electrons. The van der Waals surface area contributed by atoms with Gasteiger partial charge < -0.3 is 10.3 Å². The van der Waals surface area contributed by atoms with Crippen LogP contribution >= 0.6 is 0 Å². The zero-order chi connectivity index (χ0) is 10.7. The molecule has 0 amide bonds. The van der Waals surface area contributed by atoms with Crippen LogP contribution in [0.5, 0.6) is 0 Å². The third kappa shape index (κ3) is 2.18. The highest BCUT2D eigenvalue weighted by atomic mass is 15.3. The summed E-state index contributed by atoms with van der Waals surface area (Å²) >= 11 is 0. The molecular formula is C10H17N5. The summed E-state index contributed by atoms with van der Waals surface area (Å²) in [6.45, 7) is 4.39. The summed E-state index contributed by atoms with van der Waals surface area (Å²) in [5.41, 5.74) is 2.52. The SMILES string of the molecule is CCC1CCN(c2cncc(NN)n2)C1. The van der Waals surface area contributed by atoms with Crippen LogP contribution in [0.3, 0.4) is 0 Å². The van der Waals surface area contributed by atoms with Gasteiger partial charge in [-0.2, -0.15) is 0 Å². The van der Waals surface area contributed by atoms with E-state index < -0.39 is 0 Å². The number of nitrogens with two attached hydrogens (primary N) is 1. The van der Waals surface area contributed by atoms with E-state index in [0.717, 1.165) is 24.8 Å². The first-order chi connectivity index (χ1) is 7.33. The smallest absolute Gasteiger partial charge is 0.160 e. The molecule has 1 aliphatic heterocycles. The van der Waals surface area contributed by atoms with E-state index >= 15 is 0 Å². The molecule has 1 aromatic heterocycles. The second-order valence-corrected chi connectivity index (χ2v) is 3.92. The van der Waals surface area contributed by atoms with Crippen molar-refractivity contribution in [3.05, 3.63) is 12.4 Å². The van der Waals surface area contributed by atoms with Gasteiger partial charge in [0.25, 0.3) is 0 Å². The molecule has 1 aromatic rings.